The van der Waals surface area contributed by atoms with Gasteiger partial charge in [-0.3, -0.25) is 14.5 Å². The van der Waals surface area contributed by atoms with Gasteiger partial charge < -0.3 is 15.0 Å². The van der Waals surface area contributed by atoms with Crippen molar-refractivity contribution in [3.8, 4) is 5.75 Å². The van der Waals surface area contributed by atoms with E-state index in [4.69, 9.17) is 17.0 Å². The molecule has 0 bridgehead atoms. The van der Waals surface area contributed by atoms with Crippen LogP contribution < -0.4 is 15.0 Å². The molecule has 182 valence electrons. The van der Waals surface area contributed by atoms with Crippen molar-refractivity contribution in [1.82, 2.24) is 4.90 Å². The Bertz CT molecular complexity index is 1210. The van der Waals surface area contributed by atoms with Gasteiger partial charge in [0.2, 0.25) is 5.91 Å². The van der Waals surface area contributed by atoms with Gasteiger partial charge in [-0.15, -0.1) is 11.3 Å². The Balaban J connectivity index is 1.52. The van der Waals surface area contributed by atoms with Gasteiger partial charge in [-0.2, -0.15) is 0 Å². The largest absolute Gasteiger partial charge is 0.494 e. The summed E-state index contributed by atoms with van der Waals surface area (Å²) < 4.78 is 5.46. The Kier molecular flexibility index (Phi) is 7.83. The fourth-order valence-electron chi connectivity index (χ4n) is 4.09. The van der Waals surface area contributed by atoms with Crippen molar-refractivity contribution in [3.63, 3.8) is 0 Å². The van der Waals surface area contributed by atoms with Crippen LogP contribution in [0.5, 0.6) is 5.75 Å². The summed E-state index contributed by atoms with van der Waals surface area (Å²) in [5, 5.41) is 5.41. The van der Waals surface area contributed by atoms with Crippen molar-refractivity contribution in [2.24, 2.45) is 0 Å². The molecule has 1 fully saturated rings. The van der Waals surface area contributed by atoms with E-state index in [9.17, 15) is 9.59 Å². The second kappa shape index (κ2) is 11.0. The first-order chi connectivity index (χ1) is 16.9. The molecule has 2 amide bonds. The number of thiophene rings is 1. The quantitative estimate of drug-likeness (QED) is 0.396. The van der Waals surface area contributed by atoms with Gasteiger partial charge in [-0.05, 0) is 92.8 Å². The lowest BCUT2D eigenvalue weighted by atomic mass is 10.1. The fraction of sp³-hybridized carbons (Fsp3) is 0.296. The first-order valence-electron chi connectivity index (χ1n) is 11.6. The van der Waals surface area contributed by atoms with Crippen molar-refractivity contribution < 1.29 is 14.3 Å². The normalized spacial score (nSPS) is 15.6. The van der Waals surface area contributed by atoms with E-state index < -0.39 is 6.04 Å². The molecule has 35 heavy (non-hydrogen) atoms. The molecule has 1 aromatic heterocycles. The fourth-order valence-corrected chi connectivity index (χ4v) is 5.40. The number of rotatable bonds is 9. The zero-order chi connectivity index (χ0) is 24.9. The number of ether oxygens (including phenoxy) is 1. The maximum atomic E-state index is 13.5. The highest BCUT2D eigenvalue weighted by Crippen LogP contribution is 2.29. The minimum Gasteiger partial charge on any atom is -0.494 e. The molecule has 8 heteroatoms. The van der Waals surface area contributed by atoms with Gasteiger partial charge in [0, 0.05) is 17.1 Å². The summed E-state index contributed by atoms with van der Waals surface area (Å²) in [7, 11) is 0. The molecular weight excluding hydrogens is 478 g/mol. The van der Waals surface area contributed by atoms with Crippen LogP contribution in [0.1, 0.15) is 29.3 Å². The van der Waals surface area contributed by atoms with E-state index in [-0.39, 0.29) is 18.2 Å². The van der Waals surface area contributed by atoms with Crippen molar-refractivity contribution in [1.29, 1.82) is 0 Å². The van der Waals surface area contributed by atoms with Gasteiger partial charge >= 0.3 is 0 Å². The van der Waals surface area contributed by atoms with Gasteiger partial charge in [0.15, 0.2) is 5.11 Å². The van der Waals surface area contributed by atoms with E-state index in [2.05, 4.69) is 23.7 Å². The van der Waals surface area contributed by atoms with Crippen LogP contribution in [0.2, 0.25) is 0 Å². The van der Waals surface area contributed by atoms with Gasteiger partial charge in [0.1, 0.15) is 11.8 Å². The van der Waals surface area contributed by atoms with Crippen LogP contribution in [-0.2, 0) is 16.0 Å². The number of thiocarbonyl (C=S) groups is 1. The van der Waals surface area contributed by atoms with Crippen LogP contribution in [0.25, 0.3) is 0 Å². The molecule has 0 saturated carbocycles. The Morgan fingerprint density at radius 3 is 2.43 bits per heavy atom. The second-order valence-electron chi connectivity index (χ2n) is 8.49. The van der Waals surface area contributed by atoms with Crippen molar-refractivity contribution >= 4 is 51.9 Å². The maximum Gasteiger partial charge on any atom is 0.256 e. The number of amides is 2. The number of nitrogens with zero attached hydrogens (tertiary/aromatic N) is 2. The van der Waals surface area contributed by atoms with Gasteiger partial charge in [-0.1, -0.05) is 17.7 Å². The molecular formula is C27H29N3O3S2. The van der Waals surface area contributed by atoms with Crippen molar-refractivity contribution in [3.05, 3.63) is 76.0 Å². The molecule has 1 aliphatic heterocycles. The first kappa shape index (κ1) is 24.9. The van der Waals surface area contributed by atoms with E-state index >= 15 is 0 Å². The molecule has 2 aromatic carbocycles. The van der Waals surface area contributed by atoms with Gasteiger partial charge in [-0.25, -0.2) is 0 Å². The lowest BCUT2D eigenvalue weighted by Crippen LogP contribution is -2.39. The molecule has 0 unspecified atom stereocenters. The highest BCUT2D eigenvalue weighted by atomic mass is 32.1. The summed E-state index contributed by atoms with van der Waals surface area (Å²) in [5.41, 5.74) is 3.70. The molecule has 3 aromatic rings. The number of aryl methyl sites for hydroxylation is 2. The number of anilines is 2. The van der Waals surface area contributed by atoms with Crippen LogP contribution >= 0.6 is 23.6 Å². The van der Waals surface area contributed by atoms with Crippen LogP contribution in [-0.4, -0.2) is 41.0 Å². The predicted molar refractivity (Wildman–Crippen MR) is 145 cm³/mol. The molecule has 1 saturated heterocycles. The zero-order valence-electron chi connectivity index (χ0n) is 20.1. The molecule has 0 spiro atoms. The van der Waals surface area contributed by atoms with Gasteiger partial charge in [0.05, 0.1) is 18.7 Å². The summed E-state index contributed by atoms with van der Waals surface area (Å²) in [4.78, 5) is 31.2. The summed E-state index contributed by atoms with van der Waals surface area (Å²) >= 11 is 7.47. The average molecular weight is 508 g/mol. The maximum absolute atomic E-state index is 13.5. The molecule has 1 N–H and O–H groups in total. The molecule has 4 rings (SSSR count). The highest BCUT2D eigenvalue weighted by molar-refractivity contribution is 7.80. The minimum absolute atomic E-state index is 0.0119. The number of carbonyl (C=O) groups excluding carboxylic acids is 2. The third kappa shape index (κ3) is 5.71. The highest BCUT2D eigenvalue weighted by Gasteiger charge is 2.43. The number of nitrogens with one attached hydrogen (secondary N) is 1. The van der Waals surface area contributed by atoms with Crippen molar-refractivity contribution in [2.45, 2.75) is 39.7 Å². The van der Waals surface area contributed by atoms with Crippen LogP contribution in [0.4, 0.5) is 11.4 Å². The number of hydrogen-bond donors (Lipinski definition) is 1. The lowest BCUT2D eigenvalue weighted by Gasteiger charge is -2.24. The molecule has 1 aliphatic rings. The Hall–Kier alpha value is -3.23. The van der Waals surface area contributed by atoms with E-state index in [1.165, 1.54) is 10.4 Å². The Morgan fingerprint density at radius 1 is 1.09 bits per heavy atom. The smallest absolute Gasteiger partial charge is 0.256 e. The molecule has 1 atom stereocenters. The van der Waals surface area contributed by atoms with E-state index in [1.54, 1.807) is 28.4 Å². The summed E-state index contributed by atoms with van der Waals surface area (Å²) in [6.07, 6.45) is 0.771. The molecule has 0 aliphatic carbocycles. The predicted octanol–water partition coefficient (Wildman–Crippen LogP) is 5.34. The lowest BCUT2D eigenvalue weighted by molar-refractivity contribution is -0.124. The summed E-state index contributed by atoms with van der Waals surface area (Å²) in [5.74, 6) is 0.326. The van der Waals surface area contributed by atoms with E-state index in [0.29, 0.717) is 24.0 Å². The Labute approximate surface area is 215 Å². The number of carbonyl (C=O) groups is 2. The summed E-state index contributed by atoms with van der Waals surface area (Å²) in [6.45, 7) is 7.14. The average Bonchev–Trinajstić information content (AvgIpc) is 3.34. The standard InChI is InChI=1S/C27H29N3O3S2/c1-4-33-22-11-7-20(8-12-22)28-25(31)17-23-26(32)30(21-9-5-18(2)6-10-21)27(34)29(23)15-13-24-19(3)14-16-35-24/h5-12,14,16,23H,4,13,15,17H2,1-3H3,(H,28,31)/t23-/m1/s1. The van der Waals surface area contributed by atoms with E-state index in [0.717, 1.165) is 23.4 Å². The number of hydrogen-bond acceptors (Lipinski definition) is 5. The van der Waals surface area contributed by atoms with Crippen LogP contribution in [0, 0.1) is 13.8 Å². The zero-order valence-corrected chi connectivity index (χ0v) is 21.7. The topological polar surface area (TPSA) is 61.9 Å². The third-order valence-electron chi connectivity index (χ3n) is 5.99. The van der Waals surface area contributed by atoms with Gasteiger partial charge in [0.25, 0.3) is 5.91 Å². The monoisotopic (exact) mass is 507 g/mol. The molecule has 6 nitrogen and oxygen atoms in total. The third-order valence-corrected chi connectivity index (χ3v) is 7.49. The molecule has 0 radical (unpaired) electrons. The summed E-state index contributed by atoms with van der Waals surface area (Å²) in [6, 6.07) is 16.3. The Morgan fingerprint density at radius 2 is 1.80 bits per heavy atom. The first-order valence-corrected chi connectivity index (χ1v) is 12.9. The van der Waals surface area contributed by atoms with Crippen molar-refractivity contribution in [2.75, 3.05) is 23.4 Å². The van der Waals surface area contributed by atoms with E-state index in [1.807, 2.05) is 55.1 Å². The SMILES string of the molecule is CCOc1ccc(NC(=O)C[C@@H]2C(=O)N(c3ccc(C)cc3)C(=S)N2CCc2sccc2C)cc1. The second-order valence-corrected chi connectivity index (χ2v) is 9.85. The van der Waals surface area contributed by atoms with Crippen LogP contribution in [0.3, 0.4) is 0 Å². The minimum atomic E-state index is -0.660. The molecule has 2 heterocycles. The number of benzene rings is 2. The van der Waals surface area contributed by atoms with Crippen LogP contribution in [0.15, 0.2) is 60.0 Å².